The van der Waals surface area contributed by atoms with Crippen molar-refractivity contribution < 1.29 is 27.9 Å². The molecule has 0 unspecified atom stereocenters. The van der Waals surface area contributed by atoms with E-state index in [0.717, 1.165) is 24.0 Å². The number of hydrogen-bond acceptors (Lipinski definition) is 6. The van der Waals surface area contributed by atoms with Crippen molar-refractivity contribution in [1.82, 2.24) is 14.9 Å². The monoisotopic (exact) mass is 567 g/mol. The molecule has 9 nitrogen and oxygen atoms in total. The molecule has 0 aromatic heterocycles. The lowest BCUT2D eigenvalue weighted by atomic mass is 10.0. The lowest BCUT2D eigenvalue weighted by Gasteiger charge is -2.31. The third-order valence-electron chi connectivity index (χ3n) is 6.97. The van der Waals surface area contributed by atoms with E-state index in [1.54, 1.807) is 17.0 Å². The number of nitrogens with zero attached hydrogens (tertiary/aromatic N) is 1. The second-order valence-corrected chi connectivity index (χ2v) is 11.5. The number of benzene rings is 2. The normalized spacial score (nSPS) is 13.4. The van der Waals surface area contributed by atoms with Gasteiger partial charge in [0.2, 0.25) is 5.91 Å². The van der Waals surface area contributed by atoms with E-state index in [1.165, 1.54) is 24.3 Å². The number of carbonyl (C=O) groups excluding carboxylic acids is 2. The molecule has 214 valence electrons. The highest BCUT2D eigenvalue weighted by Crippen LogP contribution is 2.21. The number of hydrogen-bond donors (Lipinski definition) is 3. The summed E-state index contributed by atoms with van der Waals surface area (Å²) in [6, 6.07) is 15.9. The van der Waals surface area contributed by atoms with Gasteiger partial charge in [0.05, 0.1) is 4.90 Å². The van der Waals surface area contributed by atoms with Crippen LogP contribution in [0, 0.1) is 5.92 Å². The molecule has 2 aromatic carbocycles. The quantitative estimate of drug-likeness (QED) is 0.319. The Labute approximate surface area is 236 Å². The zero-order chi connectivity index (χ0) is 29.1. The summed E-state index contributed by atoms with van der Waals surface area (Å²) in [5.41, 5.74) is 2.18. The van der Waals surface area contributed by atoms with Crippen LogP contribution in [0.3, 0.4) is 0 Å². The third kappa shape index (κ3) is 8.81. The molecule has 0 bridgehead atoms. The molecule has 0 atom stereocenters. The predicted molar refractivity (Wildman–Crippen MR) is 153 cm³/mol. The zero-order valence-corrected chi connectivity index (χ0v) is 23.7. The third-order valence-corrected chi connectivity index (χ3v) is 8.32. The van der Waals surface area contributed by atoms with Gasteiger partial charge in [0.25, 0.3) is 15.9 Å². The van der Waals surface area contributed by atoms with Gasteiger partial charge in [0.15, 0.2) is 0 Å². The van der Waals surface area contributed by atoms with Gasteiger partial charge in [-0.2, -0.15) is 0 Å². The summed E-state index contributed by atoms with van der Waals surface area (Å²) < 4.78 is 27.8. The van der Waals surface area contributed by atoms with Crippen molar-refractivity contribution in [2.24, 2.45) is 5.92 Å². The SMILES string of the molecule is CCC(CC)CN1CC(C(=O)NS(=O)(=O)c2ccc(CCNC(=O)CCc3ccccc3)cc2)=CC=C1C(=O)O. The van der Waals surface area contributed by atoms with Crippen molar-refractivity contribution in [3.63, 3.8) is 0 Å². The van der Waals surface area contributed by atoms with Crippen LogP contribution in [0.15, 0.2) is 82.9 Å². The molecule has 0 radical (unpaired) electrons. The van der Waals surface area contributed by atoms with Crippen LogP contribution in [0.2, 0.25) is 0 Å². The molecule has 0 fully saturated rings. The van der Waals surface area contributed by atoms with Crippen LogP contribution in [0.5, 0.6) is 0 Å². The summed E-state index contributed by atoms with van der Waals surface area (Å²) in [6.07, 6.45) is 5.99. The van der Waals surface area contributed by atoms with E-state index in [2.05, 4.69) is 10.0 Å². The minimum absolute atomic E-state index is 0.00595. The predicted octanol–water partition coefficient (Wildman–Crippen LogP) is 3.43. The fraction of sp³-hybridized carbons (Fsp3) is 0.367. The van der Waals surface area contributed by atoms with Crippen LogP contribution in [-0.4, -0.2) is 55.8 Å². The van der Waals surface area contributed by atoms with Gasteiger partial charge in [-0.3, -0.25) is 9.59 Å². The molecule has 3 N–H and O–H groups in total. The minimum atomic E-state index is -4.14. The van der Waals surface area contributed by atoms with Gasteiger partial charge in [-0.15, -0.1) is 0 Å². The van der Waals surface area contributed by atoms with Crippen LogP contribution in [-0.2, 0) is 37.2 Å². The molecule has 1 aliphatic heterocycles. The van der Waals surface area contributed by atoms with Gasteiger partial charge >= 0.3 is 5.97 Å². The van der Waals surface area contributed by atoms with E-state index in [9.17, 15) is 27.9 Å². The van der Waals surface area contributed by atoms with Crippen molar-refractivity contribution in [2.75, 3.05) is 19.6 Å². The molecule has 1 heterocycles. The molecule has 1 aliphatic rings. The summed E-state index contributed by atoms with van der Waals surface area (Å²) >= 11 is 0. The number of rotatable bonds is 14. The van der Waals surface area contributed by atoms with E-state index in [-0.39, 0.29) is 34.5 Å². The van der Waals surface area contributed by atoms with Crippen LogP contribution in [0.4, 0.5) is 0 Å². The molecule has 10 heteroatoms. The van der Waals surface area contributed by atoms with E-state index < -0.39 is 21.9 Å². The van der Waals surface area contributed by atoms with Crippen LogP contribution in [0.1, 0.15) is 44.2 Å². The smallest absolute Gasteiger partial charge is 0.352 e. The number of sulfonamides is 1. The molecule has 2 aromatic rings. The number of aryl methyl sites for hydroxylation is 1. The minimum Gasteiger partial charge on any atom is -0.477 e. The Morgan fingerprint density at radius 3 is 2.20 bits per heavy atom. The highest BCUT2D eigenvalue weighted by Gasteiger charge is 2.27. The van der Waals surface area contributed by atoms with E-state index >= 15 is 0 Å². The summed E-state index contributed by atoms with van der Waals surface area (Å²) in [5.74, 6) is -1.69. The van der Waals surface area contributed by atoms with Gasteiger partial charge in [-0.05, 0) is 54.2 Å². The molecule has 2 amide bonds. The standard InChI is InChI=1S/C30H37N3O6S/c1-3-22(4-2)20-33-21-25(13-16-27(33)30(36)37)29(35)32-40(38,39)26-14-10-24(11-15-26)18-19-31-28(34)17-12-23-8-6-5-7-9-23/h5-11,13-16,22H,3-4,12,17-21H2,1-2H3,(H,31,34)(H,32,35)(H,36,37). The van der Waals surface area contributed by atoms with E-state index in [1.807, 2.05) is 44.2 Å². The molecule has 3 rings (SSSR count). The first-order valence-corrected chi connectivity index (χ1v) is 15.0. The van der Waals surface area contributed by atoms with Gasteiger partial charge in [-0.25, -0.2) is 17.9 Å². The molecular formula is C30H37N3O6S. The number of carboxylic acids is 1. The van der Waals surface area contributed by atoms with Crippen molar-refractivity contribution in [3.05, 3.63) is 89.1 Å². The van der Waals surface area contributed by atoms with Crippen molar-refractivity contribution in [2.45, 2.75) is 50.8 Å². The number of allylic oxidation sites excluding steroid dienone is 2. The summed E-state index contributed by atoms with van der Waals surface area (Å²) in [6.45, 7) is 4.92. The van der Waals surface area contributed by atoms with Crippen LogP contribution < -0.4 is 10.0 Å². The number of carboxylic acid groups (broad SMARTS) is 1. The van der Waals surface area contributed by atoms with Gasteiger partial charge < -0.3 is 15.3 Å². The number of amides is 2. The molecular weight excluding hydrogens is 530 g/mol. The fourth-order valence-corrected chi connectivity index (χ4v) is 5.41. The number of nitrogens with one attached hydrogen (secondary N) is 2. The summed E-state index contributed by atoms with van der Waals surface area (Å²) in [7, 11) is -4.14. The number of carbonyl (C=O) groups is 3. The Kier molecular flexibility index (Phi) is 11.1. The van der Waals surface area contributed by atoms with Gasteiger partial charge in [0.1, 0.15) is 5.70 Å². The van der Waals surface area contributed by atoms with Gasteiger partial charge in [0, 0.05) is 31.6 Å². The van der Waals surface area contributed by atoms with Crippen molar-refractivity contribution in [1.29, 1.82) is 0 Å². The first kappa shape index (κ1) is 30.6. The van der Waals surface area contributed by atoms with Crippen LogP contribution >= 0.6 is 0 Å². The molecule has 0 saturated heterocycles. The zero-order valence-electron chi connectivity index (χ0n) is 22.9. The Morgan fingerprint density at radius 2 is 1.57 bits per heavy atom. The lowest BCUT2D eigenvalue weighted by molar-refractivity contribution is -0.134. The first-order valence-electron chi connectivity index (χ1n) is 13.5. The summed E-state index contributed by atoms with van der Waals surface area (Å²) in [4.78, 5) is 38.2. The Balaban J connectivity index is 1.54. The molecule has 0 saturated carbocycles. The molecule has 0 aliphatic carbocycles. The first-order chi connectivity index (χ1) is 19.1. The second-order valence-electron chi connectivity index (χ2n) is 9.78. The Hall–Kier alpha value is -3.92. The Bertz CT molecular complexity index is 1350. The average molecular weight is 568 g/mol. The topological polar surface area (TPSA) is 133 Å². The second kappa shape index (κ2) is 14.5. The maximum atomic E-state index is 12.9. The number of aliphatic carboxylic acids is 1. The van der Waals surface area contributed by atoms with E-state index in [0.29, 0.717) is 32.4 Å². The largest absolute Gasteiger partial charge is 0.477 e. The van der Waals surface area contributed by atoms with Crippen molar-refractivity contribution >= 4 is 27.8 Å². The van der Waals surface area contributed by atoms with Crippen LogP contribution in [0.25, 0.3) is 0 Å². The maximum absolute atomic E-state index is 12.9. The fourth-order valence-electron chi connectivity index (χ4n) is 4.42. The van der Waals surface area contributed by atoms with Gasteiger partial charge in [-0.1, -0.05) is 69.2 Å². The molecule has 40 heavy (non-hydrogen) atoms. The summed E-state index contributed by atoms with van der Waals surface area (Å²) in [5, 5.41) is 12.4. The molecule has 0 spiro atoms. The highest BCUT2D eigenvalue weighted by atomic mass is 32.2. The van der Waals surface area contributed by atoms with Crippen molar-refractivity contribution in [3.8, 4) is 0 Å². The Morgan fingerprint density at radius 1 is 0.925 bits per heavy atom. The average Bonchev–Trinajstić information content (AvgIpc) is 2.95. The maximum Gasteiger partial charge on any atom is 0.352 e. The lowest BCUT2D eigenvalue weighted by Crippen LogP contribution is -2.40. The van der Waals surface area contributed by atoms with E-state index in [4.69, 9.17) is 0 Å². The highest BCUT2D eigenvalue weighted by molar-refractivity contribution is 7.90.